The summed E-state index contributed by atoms with van der Waals surface area (Å²) in [5, 5.41) is 2.38. The molecule has 0 radical (unpaired) electrons. The maximum atomic E-state index is 7.34. The maximum Gasteiger partial charge on any atom is 0.187 e. The van der Waals surface area contributed by atoms with Gasteiger partial charge in [-0.1, -0.05) is 178 Å². The molecular formula is C46H34N2. The third-order valence-corrected chi connectivity index (χ3v) is 8.26. The van der Waals surface area contributed by atoms with E-state index in [1.165, 1.54) is 16.3 Å². The van der Waals surface area contributed by atoms with Crippen LogP contribution in [0.5, 0.6) is 0 Å². The molecule has 0 N–H and O–H groups in total. The molecule has 6 rings (SSSR count). The van der Waals surface area contributed by atoms with Crippen molar-refractivity contribution in [3.8, 4) is 33.4 Å². The molecular weight excluding hydrogens is 581 g/mol. The molecule has 0 aliphatic rings. The third kappa shape index (κ3) is 6.97. The average Bonchev–Trinajstić information content (AvgIpc) is 3.15. The predicted octanol–water partition coefficient (Wildman–Crippen LogP) is 12.8. The monoisotopic (exact) mass is 614 g/mol. The van der Waals surface area contributed by atoms with Gasteiger partial charge in [-0.15, -0.1) is 0 Å². The molecule has 2 heteroatoms. The van der Waals surface area contributed by atoms with Crippen LogP contribution in [-0.2, 0) is 0 Å². The number of benzene rings is 6. The zero-order valence-electron chi connectivity index (χ0n) is 26.7. The molecule has 0 atom stereocenters. The SMILES string of the molecule is [C-]#[N+]c1cccc(-c2ccc(-c3ccc(-c4ccc(C(=C)N=C(/C=C/c5ccccc5)/C(C=C)=C/C=C)cc4)c4ccccc34)cc2)c1. The molecule has 0 aliphatic carbocycles. The minimum atomic E-state index is 0.645. The van der Waals surface area contributed by atoms with Gasteiger partial charge in [0.25, 0.3) is 0 Å². The Kier molecular flexibility index (Phi) is 9.62. The van der Waals surface area contributed by atoms with E-state index in [2.05, 4.69) is 122 Å². The van der Waals surface area contributed by atoms with Crippen molar-refractivity contribution in [1.29, 1.82) is 0 Å². The summed E-state index contributed by atoms with van der Waals surface area (Å²) < 4.78 is 0. The minimum Gasteiger partial charge on any atom is -0.248 e. The summed E-state index contributed by atoms with van der Waals surface area (Å²) in [5.41, 5.74) is 11.7. The number of nitrogens with zero attached hydrogens (tertiary/aromatic N) is 2. The molecule has 0 spiro atoms. The standard InChI is InChI=1S/C46H34N2/c1-5-13-35(6-2)46(31-20-34-14-8-7-9-15-34)48-33(3)36-21-25-38(26-22-36)42-29-30-43(45-19-11-10-18-44(42)45)39-27-23-37(24-28-39)40-16-12-17-41(32-40)47-4/h5-32H,1-3H2/b31-20+,35-13+,48-46?. The number of rotatable bonds is 10. The summed E-state index contributed by atoms with van der Waals surface area (Å²) >= 11 is 0. The Morgan fingerprint density at radius 2 is 1.23 bits per heavy atom. The normalized spacial score (nSPS) is 11.7. The van der Waals surface area contributed by atoms with Crippen molar-refractivity contribution in [2.24, 2.45) is 4.99 Å². The van der Waals surface area contributed by atoms with E-state index >= 15 is 0 Å². The van der Waals surface area contributed by atoms with Crippen LogP contribution in [0.1, 0.15) is 11.1 Å². The molecule has 0 amide bonds. The molecule has 0 bridgehead atoms. The van der Waals surface area contributed by atoms with E-state index in [9.17, 15) is 0 Å². The van der Waals surface area contributed by atoms with Crippen LogP contribution in [0, 0.1) is 6.57 Å². The highest BCUT2D eigenvalue weighted by Gasteiger charge is 2.11. The Hall–Kier alpha value is -6.56. The van der Waals surface area contributed by atoms with Crippen LogP contribution in [0.3, 0.4) is 0 Å². The molecule has 48 heavy (non-hydrogen) atoms. The molecule has 228 valence electrons. The van der Waals surface area contributed by atoms with E-state index in [1.807, 2.05) is 60.7 Å². The summed E-state index contributed by atoms with van der Waals surface area (Å²) in [6.07, 6.45) is 9.44. The summed E-state index contributed by atoms with van der Waals surface area (Å²) in [6.45, 7) is 19.5. The number of allylic oxidation sites excluding steroid dienone is 5. The van der Waals surface area contributed by atoms with Crippen molar-refractivity contribution in [3.05, 3.63) is 212 Å². The number of hydrogen-bond donors (Lipinski definition) is 0. The van der Waals surface area contributed by atoms with Crippen molar-refractivity contribution in [2.45, 2.75) is 0 Å². The zero-order chi connectivity index (χ0) is 33.3. The molecule has 0 saturated carbocycles. The van der Waals surface area contributed by atoms with E-state index in [1.54, 1.807) is 12.2 Å². The van der Waals surface area contributed by atoms with Crippen molar-refractivity contribution < 1.29 is 0 Å². The van der Waals surface area contributed by atoms with E-state index < -0.39 is 0 Å². The van der Waals surface area contributed by atoms with Crippen molar-refractivity contribution in [2.75, 3.05) is 0 Å². The third-order valence-electron chi connectivity index (χ3n) is 8.26. The minimum absolute atomic E-state index is 0.645. The first-order valence-electron chi connectivity index (χ1n) is 15.7. The van der Waals surface area contributed by atoms with Gasteiger partial charge in [-0.25, -0.2) is 9.84 Å². The van der Waals surface area contributed by atoms with Crippen LogP contribution in [-0.4, -0.2) is 5.71 Å². The number of hydrogen-bond acceptors (Lipinski definition) is 1. The van der Waals surface area contributed by atoms with Crippen LogP contribution in [0.15, 0.2) is 194 Å². The molecule has 0 aromatic heterocycles. The first kappa shape index (κ1) is 31.4. The summed E-state index contributed by atoms with van der Waals surface area (Å²) in [5.74, 6) is 0. The second-order valence-corrected chi connectivity index (χ2v) is 11.3. The van der Waals surface area contributed by atoms with Gasteiger partial charge < -0.3 is 0 Å². The van der Waals surface area contributed by atoms with Crippen LogP contribution in [0.2, 0.25) is 0 Å². The summed E-state index contributed by atoms with van der Waals surface area (Å²) in [4.78, 5) is 8.49. The summed E-state index contributed by atoms with van der Waals surface area (Å²) in [6, 6.07) is 47.8. The fraction of sp³-hybridized carbons (Fsp3) is 0. The van der Waals surface area contributed by atoms with E-state index in [-0.39, 0.29) is 0 Å². The lowest BCUT2D eigenvalue weighted by Crippen LogP contribution is -1.98. The lowest BCUT2D eigenvalue weighted by Gasteiger charge is -2.13. The lowest BCUT2D eigenvalue weighted by molar-refractivity contribution is 1.50. The van der Waals surface area contributed by atoms with Gasteiger partial charge in [0.2, 0.25) is 0 Å². The highest BCUT2D eigenvalue weighted by atomic mass is 14.8. The fourth-order valence-electron chi connectivity index (χ4n) is 5.77. The van der Waals surface area contributed by atoms with Gasteiger partial charge in [-0.2, -0.15) is 0 Å². The molecule has 2 nitrogen and oxygen atoms in total. The Labute approximate surface area is 283 Å². The van der Waals surface area contributed by atoms with Gasteiger partial charge in [0.1, 0.15) is 0 Å². The van der Waals surface area contributed by atoms with Crippen molar-refractivity contribution in [1.82, 2.24) is 0 Å². The second-order valence-electron chi connectivity index (χ2n) is 11.3. The van der Waals surface area contributed by atoms with Crippen LogP contribution in [0.4, 0.5) is 5.69 Å². The largest absolute Gasteiger partial charge is 0.248 e. The first-order valence-corrected chi connectivity index (χ1v) is 15.7. The quantitative estimate of drug-likeness (QED) is 0.0829. The number of aliphatic imine (C=N–C) groups is 1. The molecule has 0 heterocycles. The second kappa shape index (κ2) is 14.7. The Bertz CT molecular complexity index is 2260. The highest BCUT2D eigenvalue weighted by Crippen LogP contribution is 2.37. The van der Waals surface area contributed by atoms with Crippen LogP contribution < -0.4 is 0 Å². The molecule has 6 aromatic rings. The van der Waals surface area contributed by atoms with Crippen molar-refractivity contribution in [3.63, 3.8) is 0 Å². The first-order chi connectivity index (χ1) is 23.6. The lowest BCUT2D eigenvalue weighted by atomic mass is 9.91. The molecule has 0 fully saturated rings. The predicted molar refractivity (Wildman–Crippen MR) is 207 cm³/mol. The van der Waals surface area contributed by atoms with Gasteiger partial charge in [0.05, 0.1) is 18.0 Å². The average molecular weight is 615 g/mol. The Morgan fingerprint density at radius 1 is 0.625 bits per heavy atom. The molecule has 6 aromatic carbocycles. The topological polar surface area (TPSA) is 16.7 Å². The van der Waals surface area contributed by atoms with Crippen molar-refractivity contribution >= 4 is 33.9 Å². The van der Waals surface area contributed by atoms with Crippen LogP contribution in [0.25, 0.3) is 60.8 Å². The smallest absolute Gasteiger partial charge is 0.187 e. The fourth-order valence-corrected chi connectivity index (χ4v) is 5.77. The van der Waals surface area contributed by atoms with Gasteiger partial charge in [-0.3, -0.25) is 0 Å². The Morgan fingerprint density at radius 3 is 1.83 bits per heavy atom. The van der Waals surface area contributed by atoms with Gasteiger partial charge in [0.15, 0.2) is 5.69 Å². The molecule has 0 saturated heterocycles. The van der Waals surface area contributed by atoms with E-state index in [4.69, 9.17) is 11.6 Å². The summed E-state index contributed by atoms with van der Waals surface area (Å²) in [7, 11) is 0. The zero-order valence-corrected chi connectivity index (χ0v) is 26.7. The van der Waals surface area contributed by atoms with E-state index in [0.717, 1.165) is 50.2 Å². The molecule has 0 unspecified atom stereocenters. The van der Waals surface area contributed by atoms with Gasteiger partial charge in [-0.05, 0) is 73.0 Å². The van der Waals surface area contributed by atoms with Crippen LogP contribution >= 0.6 is 0 Å². The number of fused-ring (bicyclic) bond motifs is 1. The molecule has 0 aliphatic heterocycles. The highest BCUT2D eigenvalue weighted by molar-refractivity contribution is 6.14. The van der Waals surface area contributed by atoms with Gasteiger partial charge >= 0.3 is 0 Å². The Balaban J connectivity index is 1.29. The maximum absolute atomic E-state index is 7.34. The van der Waals surface area contributed by atoms with Gasteiger partial charge in [0, 0.05) is 0 Å². The van der Waals surface area contributed by atoms with E-state index in [0.29, 0.717) is 11.4 Å².